The van der Waals surface area contributed by atoms with Gasteiger partial charge in [0.2, 0.25) is 0 Å². The Morgan fingerprint density at radius 2 is 1.89 bits per heavy atom. The number of alkyl halides is 1. The van der Waals surface area contributed by atoms with E-state index in [4.69, 9.17) is 11.6 Å². The van der Waals surface area contributed by atoms with Crippen molar-refractivity contribution in [2.45, 2.75) is 43.5 Å². The summed E-state index contributed by atoms with van der Waals surface area (Å²) in [6.07, 6.45) is 5.10. The highest BCUT2D eigenvalue weighted by molar-refractivity contribution is 6.21. The average molecular weight is 284 g/mol. The van der Waals surface area contributed by atoms with Crippen LogP contribution in [0.5, 0.6) is 11.5 Å². The summed E-state index contributed by atoms with van der Waals surface area (Å²) < 4.78 is 0. The van der Waals surface area contributed by atoms with Crippen molar-refractivity contribution in [2.75, 3.05) is 0 Å². The Hall–Kier alpha value is -1.42. The van der Waals surface area contributed by atoms with Gasteiger partial charge in [0.1, 0.15) is 0 Å². The molecule has 1 fully saturated rings. The minimum Gasteiger partial charge on any atom is -0.504 e. The molecule has 1 saturated carbocycles. The van der Waals surface area contributed by atoms with Gasteiger partial charge in [0.05, 0.1) is 5.38 Å². The predicted molar refractivity (Wildman–Crippen MR) is 73.8 cm³/mol. The third kappa shape index (κ3) is 3.53. The van der Waals surface area contributed by atoms with Crippen LogP contribution in [0, 0.1) is 0 Å². The van der Waals surface area contributed by atoms with Gasteiger partial charge in [-0.2, -0.15) is 0 Å². The second-order valence-electron chi connectivity index (χ2n) is 4.94. The molecule has 0 aliphatic heterocycles. The first-order valence-electron chi connectivity index (χ1n) is 6.55. The van der Waals surface area contributed by atoms with Gasteiger partial charge < -0.3 is 15.5 Å². The van der Waals surface area contributed by atoms with Crippen molar-refractivity contribution in [1.29, 1.82) is 0 Å². The van der Waals surface area contributed by atoms with Gasteiger partial charge in [-0.3, -0.25) is 4.79 Å². The molecule has 1 aliphatic carbocycles. The third-order valence-corrected chi connectivity index (χ3v) is 4.01. The van der Waals surface area contributed by atoms with Crippen LogP contribution >= 0.6 is 11.6 Å². The predicted octanol–water partition coefficient (Wildman–Crippen LogP) is 2.77. The second-order valence-corrected chi connectivity index (χ2v) is 5.50. The van der Waals surface area contributed by atoms with Crippen LogP contribution in [-0.2, 0) is 0 Å². The molecule has 2 unspecified atom stereocenters. The van der Waals surface area contributed by atoms with E-state index in [2.05, 4.69) is 5.32 Å². The van der Waals surface area contributed by atoms with Gasteiger partial charge in [0.25, 0.3) is 5.91 Å². The maximum atomic E-state index is 12.1. The highest BCUT2D eigenvalue weighted by Gasteiger charge is 2.23. The summed E-state index contributed by atoms with van der Waals surface area (Å²) in [6.45, 7) is 0. The van der Waals surface area contributed by atoms with Gasteiger partial charge in [0.15, 0.2) is 11.5 Å². The largest absolute Gasteiger partial charge is 0.504 e. The first-order chi connectivity index (χ1) is 9.08. The Labute approximate surface area is 117 Å². The average Bonchev–Trinajstić information content (AvgIpc) is 2.58. The number of phenolic OH excluding ortho intramolecular Hbond substituents is 2. The summed E-state index contributed by atoms with van der Waals surface area (Å²) in [5.74, 6) is -0.801. The smallest absolute Gasteiger partial charge is 0.251 e. The SMILES string of the molecule is O=C(NC1CCCCCC1Cl)c1ccc(O)c(O)c1. The number of halogens is 1. The summed E-state index contributed by atoms with van der Waals surface area (Å²) in [7, 11) is 0. The minimum absolute atomic E-state index is 0.0346. The fourth-order valence-electron chi connectivity index (χ4n) is 2.34. The van der Waals surface area contributed by atoms with E-state index in [-0.39, 0.29) is 28.8 Å². The fourth-order valence-corrected chi connectivity index (χ4v) is 2.68. The zero-order valence-electron chi connectivity index (χ0n) is 10.6. The number of hydrogen-bond donors (Lipinski definition) is 3. The molecule has 104 valence electrons. The first-order valence-corrected chi connectivity index (χ1v) is 6.98. The standard InChI is InChI=1S/C14H18ClNO3/c15-10-4-2-1-3-5-11(10)16-14(19)9-6-7-12(17)13(18)8-9/h6-8,10-11,17-18H,1-5H2,(H,16,19). The molecular formula is C14H18ClNO3. The first kappa shape index (κ1) is 14.0. The molecule has 5 heteroatoms. The van der Waals surface area contributed by atoms with Crippen LogP contribution in [0.3, 0.4) is 0 Å². The second kappa shape index (κ2) is 6.15. The summed E-state index contributed by atoms with van der Waals surface area (Å²) in [5, 5.41) is 21.5. The zero-order valence-corrected chi connectivity index (χ0v) is 11.4. The summed E-state index contributed by atoms with van der Waals surface area (Å²) in [6, 6.07) is 4.00. The molecule has 2 rings (SSSR count). The lowest BCUT2D eigenvalue weighted by molar-refractivity contribution is 0.0933. The van der Waals surface area contributed by atoms with Crippen molar-refractivity contribution in [3.8, 4) is 11.5 Å². The lowest BCUT2D eigenvalue weighted by Gasteiger charge is -2.21. The minimum atomic E-state index is -0.295. The molecule has 2 atom stereocenters. The van der Waals surface area contributed by atoms with Gasteiger partial charge in [-0.1, -0.05) is 19.3 Å². The van der Waals surface area contributed by atoms with Crippen LogP contribution in [-0.4, -0.2) is 27.5 Å². The maximum absolute atomic E-state index is 12.1. The van der Waals surface area contributed by atoms with Crippen molar-refractivity contribution >= 4 is 17.5 Å². The van der Waals surface area contributed by atoms with Crippen molar-refractivity contribution in [3.05, 3.63) is 23.8 Å². The lowest BCUT2D eigenvalue weighted by atomic mass is 10.1. The van der Waals surface area contributed by atoms with Crippen molar-refractivity contribution in [1.82, 2.24) is 5.32 Å². The molecule has 0 aromatic heterocycles. The quantitative estimate of drug-likeness (QED) is 0.444. The molecule has 0 radical (unpaired) electrons. The highest BCUT2D eigenvalue weighted by Crippen LogP contribution is 2.26. The number of benzene rings is 1. The van der Waals surface area contributed by atoms with Gasteiger partial charge >= 0.3 is 0 Å². The van der Waals surface area contributed by atoms with E-state index in [1.54, 1.807) is 0 Å². The van der Waals surface area contributed by atoms with Crippen LogP contribution in [0.15, 0.2) is 18.2 Å². The molecule has 0 bridgehead atoms. The Morgan fingerprint density at radius 3 is 2.63 bits per heavy atom. The summed E-state index contributed by atoms with van der Waals surface area (Å²) in [5.41, 5.74) is 0.323. The van der Waals surface area contributed by atoms with E-state index < -0.39 is 0 Å². The van der Waals surface area contributed by atoms with Gasteiger partial charge in [0, 0.05) is 11.6 Å². The number of amides is 1. The number of carbonyl (C=O) groups excluding carboxylic acids is 1. The lowest BCUT2D eigenvalue weighted by Crippen LogP contribution is -2.40. The van der Waals surface area contributed by atoms with E-state index in [0.717, 1.165) is 32.1 Å². The van der Waals surface area contributed by atoms with Gasteiger partial charge in [-0.15, -0.1) is 11.6 Å². The molecule has 1 aromatic carbocycles. The van der Waals surface area contributed by atoms with E-state index in [1.165, 1.54) is 18.2 Å². The number of aromatic hydroxyl groups is 2. The highest BCUT2D eigenvalue weighted by atomic mass is 35.5. The van der Waals surface area contributed by atoms with Crippen LogP contribution in [0.2, 0.25) is 0 Å². The number of carbonyl (C=O) groups is 1. The Morgan fingerprint density at radius 1 is 1.16 bits per heavy atom. The molecule has 1 aliphatic rings. The number of hydrogen-bond acceptors (Lipinski definition) is 3. The molecule has 4 nitrogen and oxygen atoms in total. The topological polar surface area (TPSA) is 69.6 Å². The van der Waals surface area contributed by atoms with Crippen molar-refractivity contribution in [3.63, 3.8) is 0 Å². The molecule has 19 heavy (non-hydrogen) atoms. The van der Waals surface area contributed by atoms with E-state index in [0.29, 0.717) is 5.56 Å². The summed E-state index contributed by atoms with van der Waals surface area (Å²) >= 11 is 6.27. The molecule has 0 saturated heterocycles. The fraction of sp³-hybridized carbons (Fsp3) is 0.500. The maximum Gasteiger partial charge on any atom is 0.251 e. The van der Waals surface area contributed by atoms with Crippen LogP contribution in [0.4, 0.5) is 0 Å². The Bertz CT molecular complexity index is 464. The zero-order chi connectivity index (χ0) is 13.8. The number of rotatable bonds is 2. The number of nitrogens with one attached hydrogen (secondary N) is 1. The van der Waals surface area contributed by atoms with Gasteiger partial charge in [-0.25, -0.2) is 0 Å². The van der Waals surface area contributed by atoms with E-state index >= 15 is 0 Å². The molecule has 0 heterocycles. The van der Waals surface area contributed by atoms with Crippen LogP contribution in [0.25, 0.3) is 0 Å². The molecule has 1 amide bonds. The molecule has 3 N–H and O–H groups in total. The third-order valence-electron chi connectivity index (χ3n) is 3.49. The van der Waals surface area contributed by atoms with Gasteiger partial charge in [-0.05, 0) is 31.0 Å². The van der Waals surface area contributed by atoms with E-state index in [1.807, 2.05) is 0 Å². The summed E-state index contributed by atoms with van der Waals surface area (Å²) in [4.78, 5) is 12.1. The van der Waals surface area contributed by atoms with Crippen molar-refractivity contribution in [2.24, 2.45) is 0 Å². The molecular weight excluding hydrogens is 266 g/mol. The van der Waals surface area contributed by atoms with Crippen LogP contribution < -0.4 is 5.32 Å². The van der Waals surface area contributed by atoms with Crippen molar-refractivity contribution < 1.29 is 15.0 Å². The van der Waals surface area contributed by atoms with Crippen LogP contribution in [0.1, 0.15) is 42.5 Å². The Kier molecular flexibility index (Phi) is 4.53. The molecule has 1 aromatic rings. The normalized spacial score (nSPS) is 23.6. The molecule has 0 spiro atoms. The number of phenols is 2. The monoisotopic (exact) mass is 283 g/mol. The van der Waals surface area contributed by atoms with E-state index in [9.17, 15) is 15.0 Å². The Balaban J connectivity index is 2.05.